The van der Waals surface area contributed by atoms with Gasteiger partial charge in [0, 0.05) is 24.9 Å². The summed E-state index contributed by atoms with van der Waals surface area (Å²) in [5.41, 5.74) is 0.595. The molecule has 1 heterocycles. The summed E-state index contributed by atoms with van der Waals surface area (Å²) < 4.78 is 28.0. The van der Waals surface area contributed by atoms with Gasteiger partial charge in [0.25, 0.3) is 0 Å². The smallest absolute Gasteiger partial charge is 0.220 e. The van der Waals surface area contributed by atoms with Crippen molar-refractivity contribution in [1.29, 1.82) is 0 Å². The maximum Gasteiger partial charge on any atom is 0.220 e. The van der Waals surface area contributed by atoms with Gasteiger partial charge < -0.3 is 15.0 Å². The van der Waals surface area contributed by atoms with E-state index in [1.807, 2.05) is 11.5 Å². The van der Waals surface area contributed by atoms with Crippen LogP contribution in [0.1, 0.15) is 49.3 Å². The zero-order valence-corrected chi connectivity index (χ0v) is 14.6. The molecular weight excluding hydrogens is 342 g/mol. The molecule has 0 saturated heterocycles. The lowest BCUT2D eigenvalue weighted by atomic mass is 9.79. The van der Waals surface area contributed by atoms with Crippen LogP contribution in [-0.4, -0.2) is 31.8 Å². The molecule has 1 amide bonds. The number of aliphatic hydroxyl groups excluding tert-OH is 1. The molecule has 2 aromatic rings. The van der Waals surface area contributed by atoms with E-state index in [9.17, 15) is 18.7 Å². The Morgan fingerprint density at radius 3 is 2.73 bits per heavy atom. The van der Waals surface area contributed by atoms with Crippen molar-refractivity contribution in [3.8, 4) is 0 Å². The molecule has 0 bridgehead atoms. The molecule has 1 aliphatic rings. The van der Waals surface area contributed by atoms with Gasteiger partial charge in [-0.25, -0.2) is 8.78 Å². The van der Waals surface area contributed by atoms with E-state index in [4.69, 9.17) is 0 Å². The van der Waals surface area contributed by atoms with Crippen molar-refractivity contribution in [3.05, 3.63) is 47.0 Å². The van der Waals surface area contributed by atoms with Gasteiger partial charge in [-0.1, -0.05) is 6.07 Å². The van der Waals surface area contributed by atoms with E-state index < -0.39 is 11.6 Å². The lowest BCUT2D eigenvalue weighted by molar-refractivity contribution is -0.122. The number of hydrogen-bond donors (Lipinski definition) is 2. The standard InChI is InChI=1S/C18H22F2N4O2/c1-2-24-16(10-25)22-23-18(24)12-8-13(9-12)21-17(26)6-4-11-3-5-14(19)15(20)7-11/h3,5,7,12-13,25H,2,4,6,8-10H2,1H3,(H,21,26). The number of halogens is 2. The first-order valence-corrected chi connectivity index (χ1v) is 8.78. The van der Waals surface area contributed by atoms with Gasteiger partial charge in [-0.2, -0.15) is 0 Å². The fourth-order valence-electron chi connectivity index (χ4n) is 3.31. The number of aromatic nitrogens is 3. The van der Waals surface area contributed by atoms with Crippen molar-refractivity contribution >= 4 is 5.91 Å². The highest BCUT2D eigenvalue weighted by Gasteiger charge is 2.35. The van der Waals surface area contributed by atoms with Crippen LogP contribution in [0.4, 0.5) is 8.78 Å². The molecule has 1 aromatic carbocycles. The fourth-order valence-corrected chi connectivity index (χ4v) is 3.31. The molecular formula is C18H22F2N4O2. The highest BCUT2D eigenvalue weighted by atomic mass is 19.2. The van der Waals surface area contributed by atoms with Crippen LogP contribution in [0.5, 0.6) is 0 Å². The molecule has 0 radical (unpaired) electrons. The van der Waals surface area contributed by atoms with E-state index >= 15 is 0 Å². The van der Waals surface area contributed by atoms with Crippen molar-refractivity contribution in [2.75, 3.05) is 0 Å². The molecule has 0 spiro atoms. The zero-order chi connectivity index (χ0) is 18.7. The van der Waals surface area contributed by atoms with Gasteiger partial charge in [-0.05, 0) is 43.9 Å². The van der Waals surface area contributed by atoms with Crippen LogP contribution >= 0.6 is 0 Å². The van der Waals surface area contributed by atoms with Crippen LogP contribution in [0.2, 0.25) is 0 Å². The molecule has 0 unspecified atom stereocenters. The van der Waals surface area contributed by atoms with Crippen LogP contribution in [0.3, 0.4) is 0 Å². The first kappa shape index (κ1) is 18.4. The minimum Gasteiger partial charge on any atom is -0.388 e. The maximum absolute atomic E-state index is 13.2. The molecule has 1 aliphatic carbocycles. The second-order valence-electron chi connectivity index (χ2n) is 6.56. The van der Waals surface area contributed by atoms with E-state index in [0.717, 1.165) is 30.8 Å². The largest absolute Gasteiger partial charge is 0.388 e. The van der Waals surface area contributed by atoms with Gasteiger partial charge >= 0.3 is 0 Å². The average molecular weight is 364 g/mol. The second kappa shape index (κ2) is 7.90. The van der Waals surface area contributed by atoms with E-state index in [1.54, 1.807) is 0 Å². The number of rotatable bonds is 7. The molecule has 6 nitrogen and oxygen atoms in total. The van der Waals surface area contributed by atoms with Gasteiger partial charge in [0.1, 0.15) is 12.4 Å². The number of nitrogens with one attached hydrogen (secondary N) is 1. The average Bonchev–Trinajstić information content (AvgIpc) is 3.01. The zero-order valence-electron chi connectivity index (χ0n) is 14.6. The fraction of sp³-hybridized carbons (Fsp3) is 0.500. The number of aryl methyl sites for hydroxylation is 1. The van der Waals surface area contributed by atoms with Gasteiger partial charge in [-0.3, -0.25) is 4.79 Å². The topological polar surface area (TPSA) is 80.0 Å². The Bertz CT molecular complexity index is 787. The van der Waals surface area contributed by atoms with Crippen LogP contribution in [0, 0.1) is 11.6 Å². The number of nitrogens with zero attached hydrogens (tertiary/aromatic N) is 3. The molecule has 1 fully saturated rings. The Kier molecular flexibility index (Phi) is 5.61. The third kappa shape index (κ3) is 3.90. The molecule has 0 atom stereocenters. The lowest BCUT2D eigenvalue weighted by Crippen LogP contribution is -2.44. The predicted octanol–water partition coefficient (Wildman–Crippen LogP) is 2.06. The molecule has 1 saturated carbocycles. The Labute approximate surface area is 150 Å². The monoisotopic (exact) mass is 364 g/mol. The molecule has 140 valence electrons. The van der Waals surface area contributed by atoms with Gasteiger partial charge in [0.15, 0.2) is 17.5 Å². The lowest BCUT2D eigenvalue weighted by Gasteiger charge is -2.35. The minimum atomic E-state index is -0.896. The first-order chi connectivity index (χ1) is 12.5. The van der Waals surface area contributed by atoms with E-state index in [2.05, 4.69) is 15.5 Å². The number of benzene rings is 1. The van der Waals surface area contributed by atoms with Gasteiger partial charge in [0.05, 0.1) is 0 Å². The van der Waals surface area contributed by atoms with E-state index in [-0.39, 0.29) is 30.9 Å². The Morgan fingerprint density at radius 2 is 2.08 bits per heavy atom. The molecule has 3 rings (SSSR count). The Balaban J connectivity index is 1.46. The highest BCUT2D eigenvalue weighted by Crippen LogP contribution is 2.36. The highest BCUT2D eigenvalue weighted by molar-refractivity contribution is 5.76. The Morgan fingerprint density at radius 1 is 1.31 bits per heavy atom. The molecule has 2 N–H and O–H groups in total. The number of hydrogen-bond acceptors (Lipinski definition) is 4. The summed E-state index contributed by atoms with van der Waals surface area (Å²) in [7, 11) is 0. The second-order valence-corrected chi connectivity index (χ2v) is 6.56. The number of carbonyl (C=O) groups excluding carboxylic acids is 1. The summed E-state index contributed by atoms with van der Waals surface area (Å²) in [5, 5.41) is 20.4. The van der Waals surface area contributed by atoms with Crippen molar-refractivity contribution < 1.29 is 18.7 Å². The summed E-state index contributed by atoms with van der Waals surface area (Å²) in [4.78, 5) is 12.0. The first-order valence-electron chi connectivity index (χ1n) is 8.78. The van der Waals surface area contributed by atoms with E-state index in [0.29, 0.717) is 24.4 Å². The van der Waals surface area contributed by atoms with Crippen LogP contribution < -0.4 is 5.32 Å². The van der Waals surface area contributed by atoms with Crippen molar-refractivity contribution in [2.24, 2.45) is 0 Å². The van der Waals surface area contributed by atoms with Gasteiger partial charge in [-0.15, -0.1) is 10.2 Å². The van der Waals surface area contributed by atoms with Crippen molar-refractivity contribution in [2.45, 2.75) is 57.7 Å². The minimum absolute atomic E-state index is 0.0806. The summed E-state index contributed by atoms with van der Waals surface area (Å²) in [6.45, 7) is 2.53. The normalized spacial score (nSPS) is 19.2. The summed E-state index contributed by atoms with van der Waals surface area (Å²) in [6.07, 6.45) is 2.15. The molecule has 0 aliphatic heterocycles. The summed E-state index contributed by atoms with van der Waals surface area (Å²) >= 11 is 0. The Hall–Kier alpha value is -2.35. The van der Waals surface area contributed by atoms with E-state index in [1.165, 1.54) is 6.07 Å². The summed E-state index contributed by atoms with van der Waals surface area (Å²) in [5.74, 6) is -0.259. The molecule has 8 heteroatoms. The predicted molar refractivity (Wildman–Crippen MR) is 90.2 cm³/mol. The molecule has 1 aromatic heterocycles. The quantitative estimate of drug-likeness (QED) is 0.788. The number of carbonyl (C=O) groups is 1. The van der Waals surface area contributed by atoms with Crippen molar-refractivity contribution in [3.63, 3.8) is 0 Å². The third-order valence-electron chi connectivity index (χ3n) is 4.81. The summed E-state index contributed by atoms with van der Waals surface area (Å²) in [6, 6.07) is 3.76. The third-order valence-corrected chi connectivity index (χ3v) is 4.81. The van der Waals surface area contributed by atoms with Gasteiger partial charge in [0.2, 0.25) is 5.91 Å². The van der Waals surface area contributed by atoms with Crippen LogP contribution in [0.15, 0.2) is 18.2 Å². The maximum atomic E-state index is 13.2. The van der Waals surface area contributed by atoms with Crippen LogP contribution in [0.25, 0.3) is 0 Å². The number of amides is 1. The van der Waals surface area contributed by atoms with Crippen LogP contribution in [-0.2, 0) is 24.4 Å². The molecule has 26 heavy (non-hydrogen) atoms. The van der Waals surface area contributed by atoms with Crippen molar-refractivity contribution in [1.82, 2.24) is 20.1 Å². The number of aliphatic hydroxyl groups is 1. The SMILES string of the molecule is CCn1c(CO)nnc1C1CC(NC(=O)CCc2ccc(F)c(F)c2)C1.